The van der Waals surface area contributed by atoms with Crippen LogP contribution in [-0.2, 0) is 9.47 Å². The van der Waals surface area contributed by atoms with Crippen molar-refractivity contribution in [1.29, 1.82) is 0 Å². The van der Waals surface area contributed by atoms with Crippen LogP contribution in [0.1, 0.15) is 44.3 Å². The van der Waals surface area contributed by atoms with E-state index < -0.39 is 11.9 Å². The van der Waals surface area contributed by atoms with E-state index >= 15 is 0 Å². The molecule has 6 rings (SSSR count). The second-order valence-electron chi connectivity index (χ2n) is 8.76. The van der Waals surface area contributed by atoms with E-state index in [0.717, 1.165) is 29.3 Å². The maximum Gasteiger partial charge on any atom is 0.341 e. The molecule has 0 spiro atoms. The van der Waals surface area contributed by atoms with Gasteiger partial charge < -0.3 is 18.9 Å². The third-order valence-electron chi connectivity index (χ3n) is 5.97. The van der Waals surface area contributed by atoms with E-state index in [2.05, 4.69) is 9.98 Å². The zero-order valence-electron chi connectivity index (χ0n) is 23.0. The SMILES string of the molecule is CCOC(=O)c1cc(-c2sc(-c3cc(C(=O)OCC)c(/N=C/c4cccs4)s3)c3c2OCCO3)sc1/N=C/c1cccs1. The quantitative estimate of drug-likeness (QED) is 0.109. The highest BCUT2D eigenvalue weighted by atomic mass is 32.1. The van der Waals surface area contributed by atoms with Crippen LogP contribution in [0.5, 0.6) is 11.5 Å². The van der Waals surface area contributed by atoms with Gasteiger partial charge in [0.05, 0.1) is 43.8 Å². The van der Waals surface area contributed by atoms with Gasteiger partial charge in [-0.25, -0.2) is 19.6 Å². The second-order valence-corrected chi connectivity index (χ2v) is 13.8. The van der Waals surface area contributed by atoms with E-state index in [-0.39, 0.29) is 13.2 Å². The number of nitrogens with zero attached hydrogens (tertiary/aromatic N) is 2. The highest BCUT2D eigenvalue weighted by molar-refractivity contribution is 7.29. The third-order valence-corrected chi connectivity index (χ3v) is 11.2. The highest BCUT2D eigenvalue weighted by Gasteiger charge is 2.31. The summed E-state index contributed by atoms with van der Waals surface area (Å²) in [5, 5.41) is 5.05. The molecule has 0 amide bonds. The molecule has 13 heteroatoms. The zero-order chi connectivity index (χ0) is 29.8. The summed E-state index contributed by atoms with van der Waals surface area (Å²) in [6, 6.07) is 11.4. The Balaban J connectivity index is 1.43. The summed E-state index contributed by atoms with van der Waals surface area (Å²) in [6.07, 6.45) is 3.50. The number of hydrogen-bond donors (Lipinski definition) is 0. The Kier molecular flexibility index (Phi) is 9.14. The summed E-state index contributed by atoms with van der Waals surface area (Å²) in [5.41, 5.74) is 0.780. The number of rotatable bonds is 10. The summed E-state index contributed by atoms with van der Waals surface area (Å²) in [4.78, 5) is 40.3. The second kappa shape index (κ2) is 13.3. The Bertz CT molecular complexity index is 1660. The minimum Gasteiger partial charge on any atom is -0.485 e. The van der Waals surface area contributed by atoms with Crippen LogP contribution in [-0.4, -0.2) is 50.8 Å². The van der Waals surface area contributed by atoms with Gasteiger partial charge in [-0.3, -0.25) is 0 Å². The van der Waals surface area contributed by atoms with E-state index in [9.17, 15) is 9.59 Å². The van der Waals surface area contributed by atoms with Crippen LogP contribution in [0.15, 0.2) is 57.1 Å². The molecule has 1 aliphatic rings. The van der Waals surface area contributed by atoms with Crippen LogP contribution in [0.25, 0.3) is 19.5 Å². The van der Waals surface area contributed by atoms with Crippen molar-refractivity contribution in [1.82, 2.24) is 0 Å². The molecular weight excluding hydrogens is 645 g/mol. The van der Waals surface area contributed by atoms with E-state index in [0.29, 0.717) is 45.8 Å². The molecule has 6 heterocycles. The van der Waals surface area contributed by atoms with Gasteiger partial charge in [0.2, 0.25) is 0 Å². The first kappa shape index (κ1) is 29.5. The minimum atomic E-state index is -0.434. The molecule has 8 nitrogen and oxygen atoms in total. The molecule has 0 radical (unpaired) electrons. The molecule has 0 fully saturated rings. The van der Waals surface area contributed by atoms with Crippen LogP contribution >= 0.6 is 56.7 Å². The van der Waals surface area contributed by atoms with Gasteiger partial charge in [0, 0.05) is 22.2 Å². The molecule has 0 aromatic carbocycles. The van der Waals surface area contributed by atoms with Crippen molar-refractivity contribution in [2.24, 2.45) is 9.98 Å². The maximum atomic E-state index is 12.9. The molecule has 0 saturated heterocycles. The van der Waals surface area contributed by atoms with Crippen molar-refractivity contribution in [3.63, 3.8) is 0 Å². The van der Waals surface area contributed by atoms with E-state index in [4.69, 9.17) is 18.9 Å². The normalized spacial score (nSPS) is 12.8. The summed E-state index contributed by atoms with van der Waals surface area (Å²) in [6.45, 7) is 4.85. The zero-order valence-corrected chi connectivity index (χ0v) is 27.1. The Morgan fingerprint density at radius 1 is 0.767 bits per heavy atom. The number of fused-ring (bicyclic) bond motifs is 1. The molecule has 220 valence electrons. The van der Waals surface area contributed by atoms with E-state index in [1.165, 1.54) is 34.0 Å². The number of thiophene rings is 5. The van der Waals surface area contributed by atoms with Gasteiger partial charge in [-0.05, 0) is 48.9 Å². The first-order valence-corrected chi connectivity index (χ1v) is 17.5. The fourth-order valence-electron chi connectivity index (χ4n) is 4.14. The van der Waals surface area contributed by atoms with Crippen LogP contribution < -0.4 is 9.47 Å². The van der Waals surface area contributed by atoms with Crippen LogP contribution in [0.2, 0.25) is 0 Å². The highest BCUT2D eigenvalue weighted by Crippen LogP contribution is 2.57. The number of ether oxygens (including phenoxy) is 4. The lowest BCUT2D eigenvalue weighted by Crippen LogP contribution is -2.14. The number of carbonyl (C=O) groups is 2. The van der Waals surface area contributed by atoms with Gasteiger partial charge in [0.25, 0.3) is 0 Å². The lowest BCUT2D eigenvalue weighted by Gasteiger charge is -2.16. The van der Waals surface area contributed by atoms with Crippen molar-refractivity contribution in [2.45, 2.75) is 13.8 Å². The molecule has 0 N–H and O–H groups in total. The Hall–Kier alpha value is -3.62. The van der Waals surface area contributed by atoms with Gasteiger partial charge in [0.15, 0.2) is 11.5 Å². The van der Waals surface area contributed by atoms with E-state index in [1.54, 1.807) is 61.1 Å². The van der Waals surface area contributed by atoms with Gasteiger partial charge >= 0.3 is 11.9 Å². The maximum absolute atomic E-state index is 12.9. The first-order valence-electron chi connectivity index (χ1n) is 13.3. The standard InChI is InChI=1S/C30H24N2O6S5/c1-3-35-29(33)19-13-21(41-27(19)31-15-17-7-5-11-39-17)25-23-24(38-10-9-37-23)26(43-25)22-14-20(30(34)36-4-2)28(42-22)32-16-18-8-6-12-40-18/h5-8,11-16H,3-4,9-10H2,1-2H3/b31-15+,32-16+. The number of carbonyl (C=O) groups excluding carboxylic acids is 2. The molecule has 5 aromatic rings. The third kappa shape index (κ3) is 6.36. The number of esters is 2. The molecule has 5 aromatic heterocycles. The van der Waals surface area contributed by atoms with Crippen molar-refractivity contribution in [3.05, 3.63) is 68.0 Å². The van der Waals surface area contributed by atoms with Crippen molar-refractivity contribution in [2.75, 3.05) is 26.4 Å². The molecular formula is C30H24N2O6S5. The molecule has 43 heavy (non-hydrogen) atoms. The number of hydrogen-bond acceptors (Lipinski definition) is 13. The fourth-order valence-corrected chi connectivity index (χ4v) is 8.68. The van der Waals surface area contributed by atoms with Gasteiger partial charge in [-0.2, -0.15) is 0 Å². The summed E-state index contributed by atoms with van der Waals surface area (Å²) in [5.74, 6) is 0.339. The largest absolute Gasteiger partial charge is 0.485 e. The topological polar surface area (TPSA) is 95.8 Å². The predicted octanol–water partition coefficient (Wildman–Crippen LogP) is 8.95. The van der Waals surface area contributed by atoms with Crippen LogP contribution in [0.4, 0.5) is 10.0 Å². The van der Waals surface area contributed by atoms with Gasteiger partial charge in [0.1, 0.15) is 23.2 Å². The Morgan fingerprint density at radius 2 is 1.23 bits per heavy atom. The lowest BCUT2D eigenvalue weighted by molar-refractivity contribution is 0.0518. The summed E-state index contributed by atoms with van der Waals surface area (Å²) >= 11 is 7.37. The molecule has 1 aliphatic heterocycles. The molecule has 0 unspecified atom stereocenters. The van der Waals surface area contributed by atoms with Crippen molar-refractivity contribution in [3.8, 4) is 31.0 Å². The Morgan fingerprint density at radius 3 is 1.63 bits per heavy atom. The van der Waals surface area contributed by atoms with Crippen molar-refractivity contribution >= 4 is 91.1 Å². The molecule has 0 atom stereocenters. The molecule has 0 bridgehead atoms. The number of aliphatic imine (C=N–C) groups is 2. The smallest absolute Gasteiger partial charge is 0.341 e. The first-order chi connectivity index (χ1) is 21.1. The fraction of sp³-hybridized carbons (Fsp3) is 0.200. The molecule has 0 aliphatic carbocycles. The average Bonchev–Trinajstić information content (AvgIpc) is 3.84. The van der Waals surface area contributed by atoms with Crippen LogP contribution in [0, 0.1) is 0 Å². The lowest BCUT2D eigenvalue weighted by atomic mass is 10.2. The summed E-state index contributed by atoms with van der Waals surface area (Å²) in [7, 11) is 0. The van der Waals surface area contributed by atoms with Crippen molar-refractivity contribution < 1.29 is 28.5 Å². The van der Waals surface area contributed by atoms with Crippen LogP contribution in [0.3, 0.4) is 0 Å². The van der Waals surface area contributed by atoms with E-state index in [1.807, 2.05) is 35.0 Å². The monoisotopic (exact) mass is 668 g/mol. The summed E-state index contributed by atoms with van der Waals surface area (Å²) < 4.78 is 22.9. The minimum absolute atomic E-state index is 0.256. The average molecular weight is 669 g/mol. The van der Waals surface area contributed by atoms with Gasteiger partial charge in [-0.15, -0.1) is 56.7 Å². The predicted molar refractivity (Wildman–Crippen MR) is 177 cm³/mol. The van der Waals surface area contributed by atoms with Gasteiger partial charge in [-0.1, -0.05) is 12.1 Å². The Labute approximate surface area is 267 Å². The molecule has 0 saturated carbocycles.